The van der Waals surface area contributed by atoms with E-state index in [0.29, 0.717) is 0 Å². The number of fused-ring (bicyclic) bond motifs is 2. The van der Waals surface area contributed by atoms with Gasteiger partial charge in [0, 0.05) is 9.79 Å². The highest BCUT2D eigenvalue weighted by Crippen LogP contribution is 2.38. The second kappa shape index (κ2) is 4.67. The van der Waals surface area contributed by atoms with Crippen molar-refractivity contribution >= 4 is 22.8 Å². The quantitative estimate of drug-likeness (QED) is 0.407. The van der Waals surface area contributed by atoms with Crippen molar-refractivity contribution in [1.29, 1.82) is 0 Å². The van der Waals surface area contributed by atoms with Gasteiger partial charge < -0.3 is 9.13 Å². The van der Waals surface area contributed by atoms with Gasteiger partial charge >= 0.3 is 0 Å². The van der Waals surface area contributed by atoms with Crippen LogP contribution in [0.25, 0.3) is 16.7 Å². The van der Waals surface area contributed by atoms with E-state index in [1.54, 1.807) is 0 Å². The van der Waals surface area contributed by atoms with E-state index in [-0.39, 0.29) is 0 Å². The average Bonchev–Trinajstić information content (AvgIpc) is 2.86. The van der Waals surface area contributed by atoms with Crippen LogP contribution in [-0.2, 0) is 6.54 Å². The molecule has 1 aromatic heterocycles. The number of rotatable bonds is 3. The van der Waals surface area contributed by atoms with Crippen molar-refractivity contribution in [2.24, 2.45) is 0 Å². The first-order valence-corrected chi connectivity index (χ1v) is 7.94. The van der Waals surface area contributed by atoms with Crippen LogP contribution >= 0.6 is 11.8 Å². The van der Waals surface area contributed by atoms with E-state index in [9.17, 15) is 0 Å². The zero-order valence-electron chi connectivity index (χ0n) is 11.5. The zero-order valence-corrected chi connectivity index (χ0v) is 12.3. The third-order valence-corrected chi connectivity index (χ3v) is 4.89. The van der Waals surface area contributed by atoms with Crippen LogP contribution in [0.1, 0.15) is 19.8 Å². The molecule has 20 heavy (non-hydrogen) atoms. The van der Waals surface area contributed by atoms with Gasteiger partial charge in [-0.15, -0.1) is 11.8 Å². The number of aryl methyl sites for hydroxylation is 1. The van der Waals surface area contributed by atoms with Crippen molar-refractivity contribution in [1.82, 2.24) is 4.57 Å². The van der Waals surface area contributed by atoms with Gasteiger partial charge in [0.15, 0.2) is 0 Å². The Morgan fingerprint density at radius 2 is 1.95 bits per heavy atom. The monoisotopic (exact) mass is 280 g/mol. The van der Waals surface area contributed by atoms with Crippen LogP contribution in [0.3, 0.4) is 0 Å². The molecule has 2 nitrogen and oxygen atoms in total. The largest absolute Gasteiger partial charge is 0.317 e. The highest BCUT2D eigenvalue weighted by Gasteiger charge is 2.19. The van der Waals surface area contributed by atoms with Crippen molar-refractivity contribution in [3.05, 3.63) is 48.8 Å². The van der Waals surface area contributed by atoms with Crippen molar-refractivity contribution in [3.63, 3.8) is 0 Å². The summed E-state index contributed by atoms with van der Waals surface area (Å²) in [6.07, 6.45) is 5.94. The summed E-state index contributed by atoms with van der Waals surface area (Å²) in [4.78, 5) is 2.63. The number of hydrogen-bond donors (Lipinski definition) is 0. The number of nitrogens with zero attached hydrogens (tertiary/aromatic N) is 2. The second-order valence-electron chi connectivity index (χ2n) is 5.13. The maximum absolute atomic E-state index is 3.54. The lowest BCUT2D eigenvalue weighted by Gasteiger charge is -2.18. The molecule has 4 rings (SSSR count). The number of benzene rings is 2. The molecule has 0 spiro atoms. The predicted octanol–water partition coefficient (Wildman–Crippen LogP) is 3.98. The van der Waals surface area contributed by atoms with Crippen LogP contribution < -0.4 is 4.57 Å². The van der Waals surface area contributed by atoms with Gasteiger partial charge in [-0.3, -0.25) is 0 Å². The highest BCUT2D eigenvalue weighted by molar-refractivity contribution is 7.99. The van der Waals surface area contributed by atoms with Gasteiger partial charge in [0.05, 0.1) is 23.3 Å². The minimum Gasteiger partial charge on any atom is -0.317 e. The van der Waals surface area contributed by atoms with Gasteiger partial charge in [-0.1, -0.05) is 55.8 Å². The minimum absolute atomic E-state index is 1.04. The minimum atomic E-state index is 1.04. The molecule has 3 heteroatoms. The lowest BCUT2D eigenvalue weighted by Crippen LogP contribution is -2.32. The van der Waals surface area contributed by atoms with Crippen molar-refractivity contribution < 1.29 is 4.57 Å². The molecule has 0 fully saturated rings. The van der Waals surface area contributed by atoms with E-state index in [0.717, 1.165) is 6.54 Å². The molecule has 1 aliphatic rings. The molecule has 1 aliphatic heterocycles. The molecule has 100 valence electrons. The van der Waals surface area contributed by atoms with Crippen LogP contribution in [-0.4, -0.2) is 4.57 Å². The van der Waals surface area contributed by atoms with Crippen molar-refractivity contribution in [2.45, 2.75) is 36.1 Å². The van der Waals surface area contributed by atoms with Gasteiger partial charge in [-0.05, 0) is 6.42 Å². The van der Waals surface area contributed by atoms with E-state index >= 15 is 0 Å². The molecule has 0 amide bonds. The summed E-state index contributed by atoms with van der Waals surface area (Å²) in [5, 5.41) is 0. The maximum atomic E-state index is 3.54. The summed E-state index contributed by atoms with van der Waals surface area (Å²) in [6.45, 7) is 3.27. The lowest BCUT2D eigenvalue weighted by molar-refractivity contribution is -0.577. The predicted molar refractivity (Wildman–Crippen MR) is 81.3 cm³/mol. The van der Waals surface area contributed by atoms with Crippen LogP contribution in [0.5, 0.6) is 0 Å². The van der Waals surface area contributed by atoms with E-state index in [2.05, 4.69) is 64.8 Å². The molecule has 0 bridgehead atoms. The van der Waals surface area contributed by atoms with Crippen molar-refractivity contribution in [2.75, 3.05) is 0 Å². The Morgan fingerprint density at radius 1 is 1.10 bits per heavy atom. The Hall–Kier alpha value is -1.74. The van der Waals surface area contributed by atoms with Gasteiger partial charge in [-0.2, -0.15) is 0 Å². The molecule has 0 saturated heterocycles. The standard InChI is InChI=1S/C17H16N2S/c1-2-3-11-18-12-19-13-7-4-5-9-15(13)20-16-10-6-8-14(18)17(16)19/h4-10H,2-3,11H2,1H3. The number of hydrogen-bond acceptors (Lipinski definition) is 1. The first-order valence-electron chi connectivity index (χ1n) is 7.12. The molecule has 0 saturated carbocycles. The Morgan fingerprint density at radius 3 is 2.85 bits per heavy atom. The summed E-state index contributed by atoms with van der Waals surface area (Å²) in [5.41, 5.74) is 3.83. The van der Waals surface area contributed by atoms with Gasteiger partial charge in [0.1, 0.15) is 0 Å². The van der Waals surface area contributed by atoms with Crippen LogP contribution in [0.4, 0.5) is 0 Å². The number of unbranched alkanes of at least 4 members (excludes halogenated alkanes) is 1. The lowest BCUT2D eigenvalue weighted by atomic mass is 10.2. The fraction of sp³-hybridized carbons (Fsp3) is 0.235. The number of para-hydroxylation sites is 2. The third kappa shape index (κ3) is 1.70. The Balaban J connectivity index is 1.99. The zero-order chi connectivity index (χ0) is 13.5. The Kier molecular flexibility index (Phi) is 2.81. The smallest absolute Gasteiger partial charge is 0.244 e. The fourth-order valence-corrected chi connectivity index (χ4v) is 3.85. The normalized spacial score (nSPS) is 12.7. The molecule has 0 radical (unpaired) electrons. The molecule has 0 aliphatic carbocycles. The molecule has 0 N–H and O–H groups in total. The molecule has 0 atom stereocenters. The third-order valence-electron chi connectivity index (χ3n) is 3.77. The fourth-order valence-electron chi connectivity index (χ4n) is 2.77. The SMILES string of the molecule is CCCCn1[c-][n+]2c3c(cccc31)Sc1ccccc1-2. The average molecular weight is 280 g/mol. The van der Waals surface area contributed by atoms with Crippen LogP contribution in [0.2, 0.25) is 0 Å². The van der Waals surface area contributed by atoms with E-state index in [4.69, 9.17) is 0 Å². The first-order chi connectivity index (χ1) is 9.88. The summed E-state index contributed by atoms with van der Waals surface area (Å²) in [5.74, 6) is 0. The summed E-state index contributed by atoms with van der Waals surface area (Å²) < 4.78 is 4.50. The molecule has 3 aromatic rings. The van der Waals surface area contributed by atoms with E-state index in [1.165, 1.54) is 39.4 Å². The van der Waals surface area contributed by atoms with E-state index in [1.807, 2.05) is 11.8 Å². The van der Waals surface area contributed by atoms with Crippen LogP contribution in [0, 0.1) is 6.33 Å². The van der Waals surface area contributed by atoms with Gasteiger partial charge in [-0.25, -0.2) is 0 Å². The molecular weight excluding hydrogens is 264 g/mol. The highest BCUT2D eigenvalue weighted by atomic mass is 32.2. The summed E-state index contributed by atoms with van der Waals surface area (Å²) >= 11 is 1.86. The maximum Gasteiger partial charge on any atom is 0.244 e. The number of aromatic nitrogens is 2. The Labute approximate surface area is 123 Å². The summed E-state index contributed by atoms with van der Waals surface area (Å²) in [6, 6.07) is 15.1. The summed E-state index contributed by atoms with van der Waals surface area (Å²) in [7, 11) is 0. The Bertz CT molecular complexity index is 789. The van der Waals surface area contributed by atoms with Gasteiger partial charge in [0.2, 0.25) is 6.33 Å². The van der Waals surface area contributed by atoms with Crippen LogP contribution in [0.15, 0.2) is 52.3 Å². The topological polar surface area (TPSA) is 8.81 Å². The molecular formula is C17H16N2S. The second-order valence-corrected chi connectivity index (χ2v) is 6.22. The molecule has 0 unspecified atom stereocenters. The molecule has 2 heterocycles. The molecule has 2 aromatic carbocycles. The van der Waals surface area contributed by atoms with Gasteiger partial charge in [0.25, 0.3) is 0 Å². The number of imidazole rings is 1. The first kappa shape index (κ1) is 12.0. The van der Waals surface area contributed by atoms with E-state index < -0.39 is 0 Å². The van der Waals surface area contributed by atoms with Crippen molar-refractivity contribution in [3.8, 4) is 5.69 Å².